The smallest absolute Gasteiger partial charge is 0.174 e. The first-order valence-electron chi connectivity index (χ1n) is 10.5. The van der Waals surface area contributed by atoms with Crippen LogP contribution in [0.1, 0.15) is 41.9 Å². The monoisotopic (exact) mass is 418 g/mol. The van der Waals surface area contributed by atoms with Gasteiger partial charge in [-0.05, 0) is 68.4 Å². The normalized spacial score (nSPS) is 23.7. The summed E-state index contributed by atoms with van der Waals surface area (Å²) in [6, 6.07) is 18.9. The number of pyridine rings is 1. The summed E-state index contributed by atoms with van der Waals surface area (Å²) < 4.78 is 8.24. The van der Waals surface area contributed by atoms with E-state index in [-0.39, 0.29) is 18.2 Å². The molecule has 0 unspecified atom stereocenters. The second-order valence-corrected chi connectivity index (χ2v) is 8.44. The standard InChI is InChI=1S/C24H26N4OS/c1-17-9-11-18(12-10-17)28-23(22(26-24(28)30)20-7-2-3-13-25-20)21-8-4-14-27(21)16-19-6-5-15-29-19/h2-4,7-14,19,22-23H,5-6,15-16H2,1H3,(H,26,30)/t19-,22+,23+/m0/s1. The van der Waals surface area contributed by atoms with E-state index in [2.05, 4.69) is 75.4 Å². The van der Waals surface area contributed by atoms with Crippen LogP contribution in [0.25, 0.3) is 0 Å². The van der Waals surface area contributed by atoms with Crippen LogP contribution in [0.2, 0.25) is 0 Å². The molecule has 2 fully saturated rings. The Bertz CT molecular complexity index is 1010. The van der Waals surface area contributed by atoms with Gasteiger partial charge in [0, 0.05) is 36.9 Å². The second kappa shape index (κ2) is 8.20. The van der Waals surface area contributed by atoms with Crippen LogP contribution in [0, 0.1) is 6.92 Å². The Morgan fingerprint density at radius 3 is 2.73 bits per heavy atom. The minimum absolute atomic E-state index is 0.00603. The SMILES string of the molecule is Cc1ccc(N2C(=S)N[C@H](c3ccccn3)[C@H]2c2cccn2C[C@@H]2CCCO2)cc1. The van der Waals surface area contributed by atoms with Gasteiger partial charge in [-0.1, -0.05) is 23.8 Å². The van der Waals surface area contributed by atoms with Gasteiger partial charge in [-0.2, -0.15) is 0 Å². The maximum Gasteiger partial charge on any atom is 0.174 e. The molecular formula is C24H26N4OS. The Morgan fingerprint density at radius 1 is 1.13 bits per heavy atom. The van der Waals surface area contributed by atoms with E-state index in [1.807, 2.05) is 18.3 Å². The van der Waals surface area contributed by atoms with Crippen molar-refractivity contribution in [2.45, 2.75) is 44.5 Å². The fourth-order valence-corrected chi connectivity index (χ4v) is 4.85. The number of aryl methyl sites for hydroxylation is 1. The largest absolute Gasteiger partial charge is 0.376 e. The minimum atomic E-state index is -0.0295. The van der Waals surface area contributed by atoms with Gasteiger partial charge < -0.3 is 19.5 Å². The van der Waals surface area contributed by atoms with Crippen molar-refractivity contribution in [3.05, 3.63) is 83.9 Å². The Morgan fingerprint density at radius 2 is 2.00 bits per heavy atom. The first-order chi connectivity index (χ1) is 14.7. The first kappa shape index (κ1) is 19.3. The molecule has 0 saturated carbocycles. The van der Waals surface area contributed by atoms with Gasteiger partial charge in [-0.15, -0.1) is 0 Å². The van der Waals surface area contributed by atoms with Gasteiger partial charge in [0.2, 0.25) is 0 Å². The van der Waals surface area contributed by atoms with E-state index in [0.717, 1.165) is 42.5 Å². The lowest BCUT2D eigenvalue weighted by Gasteiger charge is -2.29. The average Bonchev–Trinajstić information content (AvgIpc) is 3.50. The van der Waals surface area contributed by atoms with Crippen molar-refractivity contribution in [2.24, 2.45) is 0 Å². The summed E-state index contributed by atoms with van der Waals surface area (Å²) in [5, 5.41) is 4.27. The van der Waals surface area contributed by atoms with Crippen LogP contribution in [-0.4, -0.2) is 27.4 Å². The number of thiocarbonyl (C=S) groups is 1. The molecule has 3 aromatic rings. The molecule has 2 saturated heterocycles. The molecule has 5 rings (SSSR count). The van der Waals surface area contributed by atoms with Gasteiger partial charge in [0.05, 0.1) is 17.8 Å². The molecule has 2 aromatic heterocycles. The quantitative estimate of drug-likeness (QED) is 0.616. The molecular weight excluding hydrogens is 392 g/mol. The highest BCUT2D eigenvalue weighted by atomic mass is 32.1. The molecule has 2 aliphatic rings. The topological polar surface area (TPSA) is 42.3 Å². The third-order valence-electron chi connectivity index (χ3n) is 6.00. The second-order valence-electron chi connectivity index (χ2n) is 8.05. The summed E-state index contributed by atoms with van der Waals surface area (Å²) in [5.41, 5.74) is 4.53. The average molecular weight is 419 g/mol. The van der Waals surface area contributed by atoms with E-state index in [9.17, 15) is 0 Å². The van der Waals surface area contributed by atoms with Gasteiger partial charge in [-0.25, -0.2) is 0 Å². The number of rotatable bonds is 5. The van der Waals surface area contributed by atoms with Crippen LogP contribution in [0.15, 0.2) is 67.0 Å². The van der Waals surface area contributed by atoms with Gasteiger partial charge in [0.1, 0.15) is 6.04 Å². The number of ether oxygens (including phenoxy) is 1. The van der Waals surface area contributed by atoms with E-state index in [4.69, 9.17) is 17.0 Å². The molecule has 1 N–H and O–H groups in total. The predicted octanol–water partition coefficient (Wildman–Crippen LogP) is 4.55. The molecule has 1 aromatic carbocycles. The highest BCUT2D eigenvalue weighted by Gasteiger charge is 2.42. The van der Waals surface area contributed by atoms with Crippen molar-refractivity contribution in [2.75, 3.05) is 11.5 Å². The molecule has 154 valence electrons. The molecule has 3 atom stereocenters. The molecule has 30 heavy (non-hydrogen) atoms. The number of hydrogen-bond acceptors (Lipinski definition) is 3. The number of anilines is 1. The number of nitrogens with zero attached hydrogens (tertiary/aromatic N) is 3. The highest BCUT2D eigenvalue weighted by molar-refractivity contribution is 7.80. The molecule has 0 amide bonds. The molecule has 5 nitrogen and oxygen atoms in total. The fourth-order valence-electron chi connectivity index (χ4n) is 4.51. The summed E-state index contributed by atoms with van der Waals surface area (Å²) >= 11 is 5.82. The van der Waals surface area contributed by atoms with Gasteiger partial charge in [0.25, 0.3) is 0 Å². The summed E-state index contributed by atoms with van der Waals surface area (Å²) in [6.07, 6.45) is 6.53. The van der Waals surface area contributed by atoms with Crippen LogP contribution in [0.3, 0.4) is 0 Å². The Labute approximate surface area is 182 Å². The van der Waals surface area contributed by atoms with E-state index in [1.165, 1.54) is 11.3 Å². The summed E-state index contributed by atoms with van der Waals surface area (Å²) in [7, 11) is 0. The molecule has 0 radical (unpaired) electrons. The predicted molar refractivity (Wildman–Crippen MR) is 123 cm³/mol. The Kier molecular flexibility index (Phi) is 5.27. The van der Waals surface area contributed by atoms with Crippen molar-refractivity contribution in [1.29, 1.82) is 0 Å². The van der Waals surface area contributed by atoms with Gasteiger partial charge >= 0.3 is 0 Å². The lowest BCUT2D eigenvalue weighted by molar-refractivity contribution is 0.0961. The van der Waals surface area contributed by atoms with Crippen LogP contribution in [0.4, 0.5) is 5.69 Å². The van der Waals surface area contributed by atoms with E-state index < -0.39 is 0 Å². The van der Waals surface area contributed by atoms with Crippen LogP contribution in [0.5, 0.6) is 0 Å². The van der Waals surface area contributed by atoms with E-state index in [1.54, 1.807) is 0 Å². The molecule has 0 spiro atoms. The third-order valence-corrected chi connectivity index (χ3v) is 6.32. The van der Waals surface area contributed by atoms with Crippen LogP contribution in [-0.2, 0) is 11.3 Å². The number of benzene rings is 1. The zero-order chi connectivity index (χ0) is 20.5. The van der Waals surface area contributed by atoms with Crippen LogP contribution >= 0.6 is 12.2 Å². The zero-order valence-electron chi connectivity index (χ0n) is 17.1. The van der Waals surface area contributed by atoms with Crippen LogP contribution < -0.4 is 10.2 Å². The summed E-state index contributed by atoms with van der Waals surface area (Å²) in [4.78, 5) is 6.88. The first-order valence-corrected chi connectivity index (χ1v) is 11.0. The minimum Gasteiger partial charge on any atom is -0.376 e. The summed E-state index contributed by atoms with van der Waals surface area (Å²) in [6.45, 7) is 3.83. The Balaban J connectivity index is 1.57. The highest BCUT2D eigenvalue weighted by Crippen LogP contribution is 2.41. The number of hydrogen-bond donors (Lipinski definition) is 1. The molecule has 0 aliphatic carbocycles. The lowest BCUT2D eigenvalue weighted by Crippen LogP contribution is -2.31. The van der Waals surface area contributed by atoms with E-state index in [0.29, 0.717) is 0 Å². The van der Waals surface area contributed by atoms with Gasteiger partial charge in [0.15, 0.2) is 5.11 Å². The van der Waals surface area contributed by atoms with Gasteiger partial charge in [-0.3, -0.25) is 4.98 Å². The third kappa shape index (κ3) is 3.61. The maximum absolute atomic E-state index is 5.91. The maximum atomic E-state index is 5.91. The van der Waals surface area contributed by atoms with Crippen molar-refractivity contribution in [1.82, 2.24) is 14.9 Å². The molecule has 0 bridgehead atoms. The lowest BCUT2D eigenvalue weighted by atomic mass is 10.0. The van der Waals surface area contributed by atoms with Crippen molar-refractivity contribution < 1.29 is 4.74 Å². The molecule has 2 aliphatic heterocycles. The number of nitrogens with one attached hydrogen (secondary N) is 1. The molecule has 6 heteroatoms. The molecule has 4 heterocycles. The number of aromatic nitrogens is 2. The fraction of sp³-hybridized carbons (Fsp3) is 0.333. The van der Waals surface area contributed by atoms with Crippen molar-refractivity contribution in [3.8, 4) is 0 Å². The van der Waals surface area contributed by atoms with E-state index >= 15 is 0 Å². The van der Waals surface area contributed by atoms with Crippen molar-refractivity contribution >= 4 is 23.0 Å². The van der Waals surface area contributed by atoms with Crippen molar-refractivity contribution in [3.63, 3.8) is 0 Å². The zero-order valence-corrected chi connectivity index (χ0v) is 17.9. The Hall–Kier alpha value is -2.70. The summed E-state index contributed by atoms with van der Waals surface area (Å²) in [5.74, 6) is 0.